The zero-order valence-corrected chi connectivity index (χ0v) is 14.5. The highest BCUT2D eigenvalue weighted by molar-refractivity contribution is 7.12. The summed E-state index contributed by atoms with van der Waals surface area (Å²) in [6.07, 6.45) is 3.18. The summed E-state index contributed by atoms with van der Waals surface area (Å²) in [6.45, 7) is 10.7. The molecule has 2 aromatic heterocycles. The number of nitrogens with one attached hydrogen (secondary N) is 1. The minimum Gasteiger partial charge on any atom is -0.309 e. The number of nitrogens with zero attached hydrogens (tertiary/aromatic N) is 2. The van der Waals surface area contributed by atoms with Crippen LogP contribution in [0.25, 0.3) is 0 Å². The van der Waals surface area contributed by atoms with Crippen LogP contribution in [-0.2, 0) is 19.4 Å². The Kier molecular flexibility index (Phi) is 6.00. The van der Waals surface area contributed by atoms with Crippen molar-refractivity contribution in [3.05, 3.63) is 39.3 Å². The SMILES string of the molecule is CCCNC(Cc1cc(CC)nn1CC)c1ccc(C)s1. The standard InChI is InChI=1S/C17H27N3S/c1-5-10-18-16(17-9-8-13(4)21-17)12-15-11-14(6-2)19-20(15)7-3/h8-9,11,16,18H,5-7,10,12H2,1-4H3. The Balaban J connectivity index is 2.19. The van der Waals surface area contributed by atoms with Gasteiger partial charge in [0, 0.05) is 34.5 Å². The molecule has 0 radical (unpaired) electrons. The summed E-state index contributed by atoms with van der Waals surface area (Å²) in [6, 6.07) is 7.15. The molecule has 3 nitrogen and oxygen atoms in total. The van der Waals surface area contributed by atoms with Crippen LogP contribution >= 0.6 is 11.3 Å². The van der Waals surface area contributed by atoms with Crippen molar-refractivity contribution in [1.82, 2.24) is 15.1 Å². The smallest absolute Gasteiger partial charge is 0.0624 e. The normalized spacial score (nSPS) is 12.8. The molecular weight excluding hydrogens is 278 g/mol. The maximum atomic E-state index is 4.67. The van der Waals surface area contributed by atoms with Gasteiger partial charge in [-0.25, -0.2) is 0 Å². The van der Waals surface area contributed by atoms with Crippen molar-refractivity contribution in [2.75, 3.05) is 6.54 Å². The summed E-state index contributed by atoms with van der Waals surface area (Å²) in [4.78, 5) is 2.81. The van der Waals surface area contributed by atoms with E-state index in [1.165, 1.54) is 21.1 Å². The summed E-state index contributed by atoms with van der Waals surface area (Å²) in [5.41, 5.74) is 2.54. The van der Waals surface area contributed by atoms with Crippen LogP contribution in [-0.4, -0.2) is 16.3 Å². The van der Waals surface area contributed by atoms with Gasteiger partial charge in [0.2, 0.25) is 0 Å². The van der Waals surface area contributed by atoms with Gasteiger partial charge in [-0.15, -0.1) is 11.3 Å². The second-order valence-corrected chi connectivity index (χ2v) is 6.78. The molecule has 1 atom stereocenters. The van der Waals surface area contributed by atoms with Crippen molar-refractivity contribution in [2.45, 2.75) is 59.5 Å². The van der Waals surface area contributed by atoms with E-state index in [4.69, 9.17) is 0 Å². The lowest BCUT2D eigenvalue weighted by atomic mass is 10.1. The first-order chi connectivity index (χ1) is 10.2. The van der Waals surface area contributed by atoms with Crippen LogP contribution < -0.4 is 5.32 Å². The molecule has 2 aromatic rings. The van der Waals surface area contributed by atoms with Gasteiger partial charge in [-0.3, -0.25) is 4.68 Å². The van der Waals surface area contributed by atoms with E-state index in [0.717, 1.165) is 32.4 Å². The quantitative estimate of drug-likeness (QED) is 0.795. The minimum atomic E-state index is 0.398. The Labute approximate surface area is 132 Å². The number of aryl methyl sites for hydroxylation is 3. The van der Waals surface area contributed by atoms with Crippen molar-refractivity contribution in [1.29, 1.82) is 0 Å². The van der Waals surface area contributed by atoms with E-state index in [1.807, 2.05) is 11.3 Å². The molecule has 2 heterocycles. The van der Waals surface area contributed by atoms with Gasteiger partial charge in [-0.2, -0.15) is 5.10 Å². The second-order valence-electron chi connectivity index (χ2n) is 5.46. The third kappa shape index (κ3) is 4.17. The van der Waals surface area contributed by atoms with Gasteiger partial charge in [0.25, 0.3) is 0 Å². The number of hydrogen-bond acceptors (Lipinski definition) is 3. The topological polar surface area (TPSA) is 29.9 Å². The van der Waals surface area contributed by atoms with E-state index in [9.17, 15) is 0 Å². The summed E-state index contributed by atoms with van der Waals surface area (Å²) in [5, 5.41) is 8.37. The second kappa shape index (κ2) is 7.76. The molecular formula is C17H27N3S. The van der Waals surface area contributed by atoms with Crippen LogP contribution in [0.4, 0.5) is 0 Å². The van der Waals surface area contributed by atoms with Crippen molar-refractivity contribution >= 4 is 11.3 Å². The Hall–Kier alpha value is -1.13. The summed E-state index contributed by atoms with van der Waals surface area (Å²) in [5.74, 6) is 0. The lowest BCUT2D eigenvalue weighted by Crippen LogP contribution is -2.24. The van der Waals surface area contributed by atoms with Gasteiger partial charge in [-0.1, -0.05) is 13.8 Å². The fourth-order valence-electron chi connectivity index (χ4n) is 2.57. The largest absolute Gasteiger partial charge is 0.309 e. The maximum Gasteiger partial charge on any atom is 0.0624 e. The summed E-state index contributed by atoms with van der Waals surface area (Å²) < 4.78 is 2.15. The van der Waals surface area contributed by atoms with Crippen LogP contribution in [0.2, 0.25) is 0 Å². The fourth-order valence-corrected chi connectivity index (χ4v) is 3.52. The molecule has 4 heteroatoms. The summed E-state index contributed by atoms with van der Waals surface area (Å²) in [7, 11) is 0. The molecule has 21 heavy (non-hydrogen) atoms. The molecule has 0 bridgehead atoms. The average Bonchev–Trinajstić information content (AvgIpc) is 3.09. The number of hydrogen-bond donors (Lipinski definition) is 1. The van der Waals surface area contributed by atoms with E-state index in [2.05, 4.69) is 61.0 Å². The first-order valence-corrected chi connectivity index (χ1v) is 8.84. The number of thiophene rings is 1. The highest BCUT2D eigenvalue weighted by Crippen LogP contribution is 2.26. The van der Waals surface area contributed by atoms with E-state index in [1.54, 1.807) is 0 Å². The van der Waals surface area contributed by atoms with Crippen LogP contribution in [0.15, 0.2) is 18.2 Å². The van der Waals surface area contributed by atoms with E-state index < -0.39 is 0 Å². The first kappa shape index (κ1) is 16.2. The van der Waals surface area contributed by atoms with Gasteiger partial charge in [0.05, 0.1) is 5.69 Å². The average molecular weight is 305 g/mol. The van der Waals surface area contributed by atoms with E-state index in [-0.39, 0.29) is 0 Å². The molecule has 0 spiro atoms. The molecule has 0 saturated heterocycles. The van der Waals surface area contributed by atoms with Crippen LogP contribution in [0.3, 0.4) is 0 Å². The molecule has 0 aliphatic rings. The number of rotatable bonds is 8. The molecule has 1 N–H and O–H groups in total. The Morgan fingerprint density at radius 2 is 2.10 bits per heavy atom. The predicted octanol–water partition coefficient (Wildman–Crippen LogP) is 4.12. The van der Waals surface area contributed by atoms with E-state index in [0.29, 0.717) is 6.04 Å². The van der Waals surface area contributed by atoms with Crippen molar-refractivity contribution in [2.24, 2.45) is 0 Å². The van der Waals surface area contributed by atoms with Crippen molar-refractivity contribution in [3.8, 4) is 0 Å². The molecule has 116 valence electrons. The molecule has 1 unspecified atom stereocenters. The number of aromatic nitrogens is 2. The van der Waals surface area contributed by atoms with Crippen LogP contribution in [0, 0.1) is 6.92 Å². The Morgan fingerprint density at radius 3 is 2.67 bits per heavy atom. The minimum absolute atomic E-state index is 0.398. The van der Waals surface area contributed by atoms with Crippen LogP contribution in [0.5, 0.6) is 0 Å². The van der Waals surface area contributed by atoms with Crippen molar-refractivity contribution < 1.29 is 0 Å². The third-order valence-corrected chi connectivity index (χ3v) is 4.85. The molecule has 0 amide bonds. The highest BCUT2D eigenvalue weighted by Gasteiger charge is 2.16. The highest BCUT2D eigenvalue weighted by atomic mass is 32.1. The van der Waals surface area contributed by atoms with E-state index >= 15 is 0 Å². The zero-order chi connectivity index (χ0) is 15.2. The van der Waals surface area contributed by atoms with Gasteiger partial charge in [0.15, 0.2) is 0 Å². The van der Waals surface area contributed by atoms with Gasteiger partial charge >= 0.3 is 0 Å². The molecule has 0 saturated carbocycles. The predicted molar refractivity (Wildman–Crippen MR) is 91.1 cm³/mol. The monoisotopic (exact) mass is 305 g/mol. The first-order valence-electron chi connectivity index (χ1n) is 8.03. The van der Waals surface area contributed by atoms with Gasteiger partial charge < -0.3 is 5.32 Å². The fraction of sp³-hybridized carbons (Fsp3) is 0.588. The summed E-state index contributed by atoms with van der Waals surface area (Å²) >= 11 is 1.90. The molecule has 0 fully saturated rings. The molecule has 0 aliphatic heterocycles. The van der Waals surface area contributed by atoms with Crippen LogP contribution in [0.1, 0.15) is 54.4 Å². The zero-order valence-electron chi connectivity index (χ0n) is 13.6. The van der Waals surface area contributed by atoms with Gasteiger partial charge in [-0.05, 0) is 51.4 Å². The third-order valence-electron chi connectivity index (χ3n) is 3.73. The molecule has 0 aromatic carbocycles. The molecule has 0 aliphatic carbocycles. The molecule has 2 rings (SSSR count). The lowest BCUT2D eigenvalue weighted by Gasteiger charge is -2.17. The Morgan fingerprint density at radius 1 is 1.29 bits per heavy atom. The lowest BCUT2D eigenvalue weighted by molar-refractivity contribution is 0.508. The van der Waals surface area contributed by atoms with Crippen molar-refractivity contribution in [3.63, 3.8) is 0 Å². The Bertz CT molecular complexity index is 556. The van der Waals surface area contributed by atoms with Gasteiger partial charge in [0.1, 0.15) is 0 Å². The maximum absolute atomic E-state index is 4.67.